The van der Waals surface area contributed by atoms with Gasteiger partial charge in [-0.05, 0) is 66.4 Å². The summed E-state index contributed by atoms with van der Waals surface area (Å²) in [5, 5.41) is 4.46. The minimum Gasteiger partial charge on any atom is -0.489 e. The predicted molar refractivity (Wildman–Crippen MR) is 211 cm³/mol. The van der Waals surface area contributed by atoms with Gasteiger partial charge in [0.05, 0.1) is 23.4 Å². The third-order valence-electron chi connectivity index (χ3n) is 11.1. The smallest absolute Gasteiger partial charge is 0.262 e. The molecule has 3 aliphatic heterocycles. The molecular weight excluding hydrogens is 739 g/mol. The number of anilines is 1. The van der Waals surface area contributed by atoms with Crippen molar-refractivity contribution < 1.29 is 33.4 Å². The number of hydrogen-bond acceptors (Lipinski definition) is 11. The van der Waals surface area contributed by atoms with Crippen LogP contribution in [0.4, 0.5) is 5.69 Å². The van der Waals surface area contributed by atoms with Gasteiger partial charge in [0, 0.05) is 90.1 Å². The van der Waals surface area contributed by atoms with E-state index >= 15 is 0 Å². The van der Waals surface area contributed by atoms with Gasteiger partial charge in [0.1, 0.15) is 36.3 Å². The number of amides is 4. The topological polar surface area (TPSA) is 169 Å². The molecule has 58 heavy (non-hydrogen) atoms. The van der Waals surface area contributed by atoms with Crippen molar-refractivity contribution in [3.05, 3.63) is 108 Å². The molecule has 2 aromatic carbocycles. The Morgan fingerprint density at radius 3 is 2.41 bits per heavy atom. The van der Waals surface area contributed by atoms with Crippen molar-refractivity contribution in [3.8, 4) is 34.6 Å². The van der Waals surface area contributed by atoms with Crippen molar-refractivity contribution >= 4 is 51.1 Å². The van der Waals surface area contributed by atoms with Crippen LogP contribution in [0.15, 0.2) is 91.5 Å². The van der Waals surface area contributed by atoms with Crippen LogP contribution in [-0.2, 0) is 14.3 Å². The minimum atomic E-state index is -0.993. The highest BCUT2D eigenvalue weighted by Gasteiger charge is 2.45. The molecule has 10 rings (SSSR count). The number of benzene rings is 2. The fourth-order valence-corrected chi connectivity index (χ4v) is 7.84. The summed E-state index contributed by atoms with van der Waals surface area (Å²) in [4.78, 5) is 69.8. The summed E-state index contributed by atoms with van der Waals surface area (Å²) in [7, 11) is 0. The third kappa shape index (κ3) is 6.65. The first kappa shape index (κ1) is 35.3. The fraction of sp³-hybridized carbons (Fsp3) is 0.250. The molecule has 288 valence electrons. The largest absolute Gasteiger partial charge is 0.489 e. The molecule has 4 aliphatic rings. The summed E-state index contributed by atoms with van der Waals surface area (Å²) in [6.45, 7) is 1.43. The number of aromatic amines is 1. The van der Waals surface area contributed by atoms with E-state index in [1.807, 2.05) is 47.6 Å². The number of nitrogens with zero attached hydrogens (tertiary/aromatic N) is 5. The lowest BCUT2D eigenvalue weighted by Crippen LogP contribution is -2.54. The molecule has 2 saturated heterocycles. The fourth-order valence-electron chi connectivity index (χ4n) is 7.84. The summed E-state index contributed by atoms with van der Waals surface area (Å²) in [6, 6.07) is 20.0. The zero-order chi connectivity index (χ0) is 39.3. The van der Waals surface area contributed by atoms with E-state index in [2.05, 4.69) is 55.3 Å². The highest BCUT2D eigenvalue weighted by atomic mass is 16.5. The normalized spacial score (nSPS) is 20.3. The molecule has 2 N–H and O–H groups in total. The Kier molecular flexibility index (Phi) is 8.79. The molecule has 4 amide bonds. The predicted octanol–water partition coefficient (Wildman–Crippen LogP) is 4.82. The standard InChI is InChI=1S/C44H35N7O7/c52-40-11-10-39(42(53)49-40)51-43(54)34-9-6-28(17-35(34)44(51)55)50-23-32(24-50)56-15-1-2-27-5-7-29(21-46-27)57-30-18-31(19-30)58-41-12-4-26(20-47-41)25-3-8-33-36-22-45-14-13-37(36)48-38(33)16-25/h3-9,12-14,16-17,20-22,30-32,39,48H,10-11,15,18-19,23-24H2,(H,49,52,53). The van der Waals surface area contributed by atoms with Crippen molar-refractivity contribution in [2.24, 2.45) is 0 Å². The summed E-state index contributed by atoms with van der Waals surface area (Å²) in [5.41, 5.74) is 6.10. The maximum atomic E-state index is 13.2. The van der Waals surface area contributed by atoms with Gasteiger partial charge in [0.25, 0.3) is 11.8 Å². The molecule has 14 heteroatoms. The quantitative estimate of drug-likeness (QED) is 0.153. The molecular formula is C44H35N7O7. The first-order valence-electron chi connectivity index (χ1n) is 19.2. The Morgan fingerprint density at radius 2 is 1.60 bits per heavy atom. The lowest BCUT2D eigenvalue weighted by Gasteiger charge is -2.40. The molecule has 1 atom stereocenters. The number of piperidine rings is 1. The average molecular weight is 774 g/mol. The summed E-state index contributed by atoms with van der Waals surface area (Å²) >= 11 is 0. The highest BCUT2D eigenvalue weighted by molar-refractivity contribution is 6.23. The SMILES string of the molecule is O=C1CCC(N2C(=O)c3ccc(N4CC(OCC#Cc5ccc(OC6CC(Oc7ccc(-c8ccc9c(c8)[nH]c8ccncc89)cn7)C6)cn5)C4)cc3C2=O)C(=O)N1. The second-order valence-corrected chi connectivity index (χ2v) is 14.8. The first-order chi connectivity index (χ1) is 28.3. The summed E-state index contributed by atoms with van der Waals surface area (Å²) < 4.78 is 18.1. The first-order valence-corrected chi connectivity index (χ1v) is 19.2. The van der Waals surface area contributed by atoms with E-state index in [1.54, 1.807) is 30.6 Å². The second-order valence-electron chi connectivity index (χ2n) is 14.8. The van der Waals surface area contributed by atoms with Crippen molar-refractivity contribution in [2.45, 2.75) is 50.0 Å². The Hall–Kier alpha value is -7.11. The van der Waals surface area contributed by atoms with Crippen LogP contribution in [0.2, 0.25) is 0 Å². The number of imide groups is 2. The number of aromatic nitrogens is 4. The Labute approximate surface area is 331 Å². The molecule has 0 bridgehead atoms. The molecule has 1 aliphatic carbocycles. The number of pyridine rings is 3. The number of rotatable bonds is 9. The van der Waals surface area contributed by atoms with E-state index in [0.717, 1.165) is 56.4 Å². The van der Waals surface area contributed by atoms with Crippen molar-refractivity contribution in [1.82, 2.24) is 30.2 Å². The highest BCUT2D eigenvalue weighted by Crippen LogP contribution is 2.34. The molecule has 1 unspecified atom stereocenters. The van der Waals surface area contributed by atoms with Crippen LogP contribution in [0, 0.1) is 11.8 Å². The minimum absolute atomic E-state index is 0.0293. The second kappa shape index (κ2) is 14.4. The van der Waals surface area contributed by atoms with E-state index in [4.69, 9.17) is 14.2 Å². The van der Waals surface area contributed by atoms with Gasteiger partial charge in [-0.25, -0.2) is 9.97 Å². The van der Waals surface area contributed by atoms with E-state index in [1.165, 1.54) is 0 Å². The van der Waals surface area contributed by atoms with Crippen LogP contribution >= 0.6 is 0 Å². The van der Waals surface area contributed by atoms with Crippen LogP contribution < -0.4 is 19.7 Å². The van der Waals surface area contributed by atoms with E-state index in [-0.39, 0.29) is 48.9 Å². The van der Waals surface area contributed by atoms with E-state index in [9.17, 15) is 19.2 Å². The number of nitrogens with one attached hydrogen (secondary N) is 2. The molecule has 0 spiro atoms. The number of fused-ring (bicyclic) bond motifs is 4. The van der Waals surface area contributed by atoms with Gasteiger partial charge in [0.2, 0.25) is 17.7 Å². The Bertz CT molecular complexity index is 2690. The van der Waals surface area contributed by atoms with Gasteiger partial charge in [0.15, 0.2) is 0 Å². The van der Waals surface area contributed by atoms with Gasteiger partial charge in [-0.1, -0.05) is 18.1 Å². The van der Waals surface area contributed by atoms with E-state index in [0.29, 0.717) is 30.4 Å². The molecule has 4 aromatic heterocycles. The average Bonchev–Trinajstić information content (AvgIpc) is 3.70. The Morgan fingerprint density at radius 1 is 0.759 bits per heavy atom. The van der Waals surface area contributed by atoms with Crippen molar-refractivity contribution in [1.29, 1.82) is 0 Å². The monoisotopic (exact) mass is 773 g/mol. The molecule has 1 saturated carbocycles. The summed E-state index contributed by atoms with van der Waals surface area (Å²) in [5.74, 6) is 5.22. The van der Waals surface area contributed by atoms with Crippen LogP contribution in [0.1, 0.15) is 52.1 Å². The third-order valence-corrected chi connectivity index (χ3v) is 11.1. The van der Waals surface area contributed by atoms with Gasteiger partial charge in [-0.2, -0.15) is 0 Å². The van der Waals surface area contributed by atoms with Crippen LogP contribution in [0.3, 0.4) is 0 Å². The molecule has 14 nitrogen and oxygen atoms in total. The number of carbonyl (C=O) groups is 4. The van der Waals surface area contributed by atoms with Gasteiger partial charge < -0.3 is 24.1 Å². The zero-order valence-electron chi connectivity index (χ0n) is 31.0. The number of hydrogen-bond donors (Lipinski definition) is 2. The maximum absolute atomic E-state index is 13.2. The lowest BCUT2D eigenvalue weighted by atomic mass is 9.92. The zero-order valence-corrected chi connectivity index (χ0v) is 31.0. The van der Waals surface area contributed by atoms with Gasteiger partial charge in [-0.15, -0.1) is 0 Å². The summed E-state index contributed by atoms with van der Waals surface area (Å²) in [6.07, 6.45) is 8.89. The van der Waals surface area contributed by atoms with Crippen LogP contribution in [-0.4, -0.2) is 92.5 Å². The molecule has 6 aromatic rings. The van der Waals surface area contributed by atoms with E-state index < -0.39 is 29.7 Å². The van der Waals surface area contributed by atoms with Crippen molar-refractivity contribution in [3.63, 3.8) is 0 Å². The number of carbonyl (C=O) groups excluding carboxylic acids is 4. The van der Waals surface area contributed by atoms with Gasteiger partial charge >= 0.3 is 0 Å². The number of H-pyrrole nitrogens is 1. The van der Waals surface area contributed by atoms with Gasteiger partial charge in [-0.3, -0.25) is 34.4 Å². The molecule has 0 radical (unpaired) electrons. The maximum Gasteiger partial charge on any atom is 0.262 e. The van der Waals surface area contributed by atoms with Crippen LogP contribution in [0.25, 0.3) is 32.9 Å². The molecule has 7 heterocycles. The molecule has 3 fully saturated rings. The van der Waals surface area contributed by atoms with Crippen molar-refractivity contribution in [2.75, 3.05) is 24.6 Å². The van der Waals surface area contributed by atoms with Crippen LogP contribution in [0.5, 0.6) is 11.6 Å². The lowest BCUT2D eigenvalue weighted by molar-refractivity contribution is -0.136. The Balaban J connectivity index is 0.649. The number of ether oxygens (including phenoxy) is 3.